The van der Waals surface area contributed by atoms with Crippen LogP contribution in [0.1, 0.15) is 72.6 Å². The molecule has 1 amide bonds. The molecule has 2 heterocycles. The molecule has 5 fully saturated rings. The summed E-state index contributed by atoms with van der Waals surface area (Å²) in [5, 5.41) is 3.89. The first kappa shape index (κ1) is 19.7. The summed E-state index contributed by atoms with van der Waals surface area (Å²) in [7, 11) is 0. The highest BCUT2D eigenvalue weighted by molar-refractivity contribution is 5.87. The maximum Gasteiger partial charge on any atom is 0.229 e. The monoisotopic (exact) mass is 375 g/mol. The zero-order chi connectivity index (χ0) is 19.2. The van der Waals surface area contributed by atoms with Crippen molar-refractivity contribution in [3.8, 4) is 0 Å². The van der Waals surface area contributed by atoms with Gasteiger partial charge in [0.25, 0.3) is 0 Å². The minimum Gasteiger partial charge on any atom is -0.342 e. The van der Waals surface area contributed by atoms with Gasteiger partial charge in [0.2, 0.25) is 5.91 Å². The van der Waals surface area contributed by atoms with Gasteiger partial charge < -0.3 is 15.1 Å². The predicted molar refractivity (Wildman–Crippen MR) is 111 cm³/mol. The Balaban J connectivity index is 1.18. The maximum absolute atomic E-state index is 13.1. The van der Waals surface area contributed by atoms with Crippen molar-refractivity contribution in [1.29, 1.82) is 0 Å². The van der Waals surface area contributed by atoms with Gasteiger partial charge in [-0.3, -0.25) is 4.79 Å². The highest BCUT2D eigenvalue weighted by atomic mass is 16.2. The van der Waals surface area contributed by atoms with Gasteiger partial charge in [-0.25, -0.2) is 0 Å². The van der Waals surface area contributed by atoms with Crippen LogP contribution in [0.25, 0.3) is 0 Å². The Kier molecular flexibility index (Phi) is 5.35. The van der Waals surface area contributed by atoms with E-state index >= 15 is 0 Å². The molecule has 2 bridgehead atoms. The third-order valence-corrected chi connectivity index (χ3v) is 8.40. The Hall–Kier alpha value is -0.610. The molecule has 2 saturated heterocycles. The molecule has 5 rings (SSSR count). The van der Waals surface area contributed by atoms with Crippen molar-refractivity contribution in [3.05, 3.63) is 0 Å². The van der Waals surface area contributed by atoms with E-state index in [-0.39, 0.29) is 5.41 Å². The largest absolute Gasteiger partial charge is 0.342 e. The van der Waals surface area contributed by atoms with E-state index in [0.717, 1.165) is 56.7 Å². The minimum absolute atomic E-state index is 0.0265. The molecule has 0 aromatic heterocycles. The number of hydrogen-bond acceptors (Lipinski definition) is 3. The average Bonchev–Trinajstić information content (AvgIpc) is 2.59. The molecule has 0 spiro atoms. The first-order valence-corrected chi connectivity index (χ1v) is 11.6. The highest BCUT2D eigenvalue weighted by Gasteiger charge is 2.71. The van der Waals surface area contributed by atoms with Crippen LogP contribution in [0.15, 0.2) is 0 Å². The van der Waals surface area contributed by atoms with E-state index in [0.29, 0.717) is 17.5 Å². The van der Waals surface area contributed by atoms with Crippen LogP contribution in [0, 0.1) is 23.2 Å². The second-order valence-electron chi connectivity index (χ2n) is 10.9. The molecule has 27 heavy (non-hydrogen) atoms. The zero-order valence-corrected chi connectivity index (χ0v) is 18.1. The van der Waals surface area contributed by atoms with Gasteiger partial charge in [-0.15, -0.1) is 0 Å². The number of hydrogen-bond donors (Lipinski definition) is 1. The Morgan fingerprint density at radius 2 is 1.56 bits per heavy atom. The fourth-order valence-corrected chi connectivity index (χ4v) is 6.34. The van der Waals surface area contributed by atoms with Crippen molar-refractivity contribution in [2.24, 2.45) is 23.2 Å². The van der Waals surface area contributed by atoms with Crippen LogP contribution in [0.2, 0.25) is 0 Å². The van der Waals surface area contributed by atoms with E-state index < -0.39 is 0 Å². The SMILES string of the molecule is CC(C)C1CCN(C(=O)C23CC(NCC4CCN(C(C)C)CC4)(C2)C3)CC1. The van der Waals surface area contributed by atoms with Gasteiger partial charge in [0, 0.05) is 24.7 Å². The summed E-state index contributed by atoms with van der Waals surface area (Å²) >= 11 is 0. The molecule has 0 aromatic rings. The maximum atomic E-state index is 13.1. The fraction of sp³-hybridized carbons (Fsp3) is 0.957. The van der Waals surface area contributed by atoms with Crippen molar-refractivity contribution in [2.75, 3.05) is 32.7 Å². The summed E-state index contributed by atoms with van der Waals surface area (Å²) in [6, 6.07) is 0.688. The highest BCUT2D eigenvalue weighted by Crippen LogP contribution is 2.68. The van der Waals surface area contributed by atoms with Crippen LogP contribution in [0.4, 0.5) is 0 Å². The second kappa shape index (κ2) is 7.33. The summed E-state index contributed by atoms with van der Waals surface area (Å²) in [5.41, 5.74) is 0.347. The summed E-state index contributed by atoms with van der Waals surface area (Å²) in [6.45, 7) is 14.9. The van der Waals surface area contributed by atoms with Crippen LogP contribution >= 0.6 is 0 Å². The van der Waals surface area contributed by atoms with E-state index in [4.69, 9.17) is 0 Å². The van der Waals surface area contributed by atoms with Crippen molar-refractivity contribution in [1.82, 2.24) is 15.1 Å². The molecule has 3 aliphatic carbocycles. The van der Waals surface area contributed by atoms with Crippen LogP contribution in [0.3, 0.4) is 0 Å². The molecular weight excluding hydrogens is 334 g/mol. The van der Waals surface area contributed by atoms with E-state index in [1.807, 2.05) is 0 Å². The van der Waals surface area contributed by atoms with Crippen molar-refractivity contribution >= 4 is 5.91 Å². The van der Waals surface area contributed by atoms with Crippen LogP contribution in [-0.2, 0) is 4.79 Å². The molecule has 3 saturated carbocycles. The molecule has 0 unspecified atom stereocenters. The van der Waals surface area contributed by atoms with E-state index in [1.54, 1.807) is 0 Å². The molecule has 5 aliphatic rings. The zero-order valence-electron chi connectivity index (χ0n) is 18.1. The van der Waals surface area contributed by atoms with Crippen LogP contribution in [0.5, 0.6) is 0 Å². The number of carbonyl (C=O) groups excluding carboxylic acids is 1. The summed E-state index contributed by atoms with van der Waals surface area (Å²) in [4.78, 5) is 17.9. The Bertz CT molecular complexity index is 522. The molecule has 4 nitrogen and oxygen atoms in total. The molecule has 0 aromatic carbocycles. The number of carbonyl (C=O) groups is 1. The third kappa shape index (κ3) is 3.69. The number of nitrogens with one attached hydrogen (secondary N) is 1. The quantitative estimate of drug-likeness (QED) is 0.772. The first-order chi connectivity index (χ1) is 12.8. The van der Waals surface area contributed by atoms with Gasteiger partial charge in [-0.05, 0) is 96.2 Å². The summed E-state index contributed by atoms with van der Waals surface area (Å²) in [6.07, 6.45) is 8.39. The average molecular weight is 376 g/mol. The molecular formula is C23H41N3O. The van der Waals surface area contributed by atoms with Gasteiger partial charge in [0.15, 0.2) is 0 Å². The van der Waals surface area contributed by atoms with Crippen LogP contribution in [-0.4, -0.2) is 60.0 Å². The third-order valence-electron chi connectivity index (χ3n) is 8.40. The van der Waals surface area contributed by atoms with Gasteiger partial charge in [-0.1, -0.05) is 13.8 Å². The molecule has 1 N–H and O–H groups in total. The van der Waals surface area contributed by atoms with Crippen molar-refractivity contribution < 1.29 is 4.79 Å². The molecule has 2 aliphatic heterocycles. The summed E-state index contributed by atoms with van der Waals surface area (Å²) < 4.78 is 0. The normalized spacial score (nSPS) is 35.4. The van der Waals surface area contributed by atoms with Crippen LogP contribution < -0.4 is 5.32 Å². The van der Waals surface area contributed by atoms with Gasteiger partial charge in [-0.2, -0.15) is 0 Å². The Morgan fingerprint density at radius 1 is 0.963 bits per heavy atom. The van der Waals surface area contributed by atoms with Crippen molar-refractivity contribution in [3.63, 3.8) is 0 Å². The lowest BCUT2D eigenvalue weighted by Crippen LogP contribution is -2.78. The summed E-state index contributed by atoms with van der Waals surface area (Å²) in [5.74, 6) is 2.89. The Labute approximate surface area is 166 Å². The first-order valence-electron chi connectivity index (χ1n) is 11.6. The fourth-order valence-electron chi connectivity index (χ4n) is 6.34. The molecule has 0 atom stereocenters. The number of piperidine rings is 2. The van der Waals surface area contributed by atoms with Gasteiger partial charge in [0.05, 0.1) is 5.41 Å². The number of likely N-dealkylation sites (tertiary alicyclic amines) is 2. The molecule has 4 heteroatoms. The molecule has 0 radical (unpaired) electrons. The van der Waals surface area contributed by atoms with Gasteiger partial charge >= 0.3 is 0 Å². The minimum atomic E-state index is 0.0265. The number of amides is 1. The lowest BCUT2D eigenvalue weighted by atomic mass is 9.38. The topological polar surface area (TPSA) is 35.6 Å². The lowest BCUT2D eigenvalue weighted by Gasteiger charge is -2.70. The molecule has 154 valence electrons. The van der Waals surface area contributed by atoms with E-state index in [9.17, 15) is 4.79 Å². The standard InChI is InChI=1S/C23H41N3O/c1-17(2)20-7-11-26(12-8-20)21(27)22-14-23(15-22,16-22)24-13-19-5-9-25(10-6-19)18(3)4/h17-20,24H,5-16H2,1-4H3. The second-order valence-corrected chi connectivity index (χ2v) is 10.9. The Morgan fingerprint density at radius 3 is 2.07 bits per heavy atom. The number of rotatable bonds is 6. The lowest BCUT2D eigenvalue weighted by molar-refractivity contribution is -0.193. The number of nitrogens with zero attached hydrogens (tertiary/aromatic N) is 2. The smallest absolute Gasteiger partial charge is 0.229 e. The van der Waals surface area contributed by atoms with E-state index in [2.05, 4.69) is 42.8 Å². The van der Waals surface area contributed by atoms with Gasteiger partial charge in [0.1, 0.15) is 0 Å². The predicted octanol–water partition coefficient (Wildman–Crippen LogP) is 3.51. The van der Waals surface area contributed by atoms with Crippen molar-refractivity contribution in [2.45, 2.75) is 84.2 Å². The van der Waals surface area contributed by atoms with E-state index in [1.165, 1.54) is 38.8 Å².